The van der Waals surface area contributed by atoms with Crippen molar-refractivity contribution in [2.75, 3.05) is 6.61 Å². The fraction of sp³-hybridized carbons (Fsp3) is 0.214. The number of hydrogen-bond donors (Lipinski definition) is 1. The third kappa shape index (κ3) is 2.94. The highest BCUT2D eigenvalue weighted by Crippen LogP contribution is 2.13. The number of para-hydroxylation sites is 1. The van der Waals surface area contributed by atoms with Crippen LogP contribution in [-0.4, -0.2) is 22.0 Å². The molecule has 1 aromatic carbocycles. The van der Waals surface area contributed by atoms with Crippen molar-refractivity contribution >= 4 is 16.3 Å². The van der Waals surface area contributed by atoms with Crippen LogP contribution in [0.4, 0.5) is 0 Å². The van der Waals surface area contributed by atoms with Crippen molar-refractivity contribution in [2.45, 2.75) is 12.5 Å². The molecule has 2 aromatic heterocycles. The van der Waals surface area contributed by atoms with E-state index in [1.165, 1.54) is 0 Å². The summed E-state index contributed by atoms with van der Waals surface area (Å²) in [6.45, 7) is 0.495. The monoisotopic (exact) mass is 273 g/mol. The second kappa shape index (κ2) is 5.42. The molecule has 0 saturated heterocycles. The number of nitrogens with two attached hydrogens (primary N) is 1. The summed E-state index contributed by atoms with van der Waals surface area (Å²) in [5, 5.41) is 2.02. The lowest BCUT2D eigenvalue weighted by atomic mass is 10.2. The lowest BCUT2D eigenvalue weighted by Gasteiger charge is -2.11. The predicted molar refractivity (Wildman–Crippen MR) is 76.7 cm³/mol. The van der Waals surface area contributed by atoms with Crippen molar-refractivity contribution in [3.63, 3.8) is 0 Å². The Morgan fingerprint density at radius 3 is 2.95 bits per heavy atom. The van der Waals surface area contributed by atoms with Crippen LogP contribution in [0, 0.1) is 0 Å². The molecular formula is C14H15N3OS. The molecule has 3 aromatic rings. The number of imidazole rings is 1. The first kappa shape index (κ1) is 12.2. The molecule has 1 unspecified atom stereocenters. The highest BCUT2D eigenvalue weighted by Gasteiger charge is 2.09. The Morgan fingerprint density at radius 1 is 1.32 bits per heavy atom. The van der Waals surface area contributed by atoms with Crippen molar-refractivity contribution in [3.8, 4) is 5.75 Å². The van der Waals surface area contributed by atoms with E-state index in [9.17, 15) is 0 Å². The van der Waals surface area contributed by atoms with Crippen molar-refractivity contribution < 1.29 is 4.74 Å². The molecule has 3 rings (SSSR count). The van der Waals surface area contributed by atoms with Crippen LogP contribution in [-0.2, 0) is 6.42 Å². The zero-order valence-corrected chi connectivity index (χ0v) is 11.2. The average molecular weight is 273 g/mol. The van der Waals surface area contributed by atoms with Crippen LogP contribution in [0.25, 0.3) is 4.96 Å². The van der Waals surface area contributed by atoms with Gasteiger partial charge in [-0.3, -0.25) is 4.40 Å². The van der Waals surface area contributed by atoms with Crippen LogP contribution < -0.4 is 10.5 Å². The lowest BCUT2D eigenvalue weighted by molar-refractivity contribution is 0.287. The molecule has 98 valence electrons. The van der Waals surface area contributed by atoms with Crippen molar-refractivity contribution in [1.29, 1.82) is 0 Å². The maximum atomic E-state index is 6.07. The van der Waals surface area contributed by atoms with Crippen LogP contribution in [0.1, 0.15) is 5.69 Å². The Bertz CT molecular complexity index is 618. The van der Waals surface area contributed by atoms with Crippen molar-refractivity contribution in [1.82, 2.24) is 9.38 Å². The molecule has 0 aliphatic carbocycles. The van der Waals surface area contributed by atoms with Gasteiger partial charge in [-0.15, -0.1) is 11.3 Å². The highest BCUT2D eigenvalue weighted by atomic mass is 32.1. The molecule has 0 saturated carbocycles. The van der Waals surface area contributed by atoms with Crippen LogP contribution in [0.15, 0.2) is 48.1 Å². The van der Waals surface area contributed by atoms with E-state index in [0.717, 1.165) is 22.8 Å². The number of benzene rings is 1. The van der Waals surface area contributed by atoms with Gasteiger partial charge in [0.2, 0.25) is 0 Å². The van der Waals surface area contributed by atoms with Gasteiger partial charge in [-0.25, -0.2) is 4.98 Å². The first-order chi connectivity index (χ1) is 9.31. The van der Waals surface area contributed by atoms with Gasteiger partial charge in [-0.05, 0) is 12.1 Å². The third-order valence-corrected chi connectivity index (χ3v) is 3.59. The standard InChI is InChI=1S/C14H15N3OS/c15-11(10-18-13-4-2-1-3-5-13)8-12-9-17-6-7-19-14(17)16-12/h1-7,9,11H,8,10,15H2. The Morgan fingerprint density at radius 2 is 2.16 bits per heavy atom. The molecule has 0 amide bonds. The minimum Gasteiger partial charge on any atom is -0.492 e. The van der Waals surface area contributed by atoms with Gasteiger partial charge in [0.05, 0.1) is 5.69 Å². The second-order valence-corrected chi connectivity index (χ2v) is 5.29. The SMILES string of the molecule is NC(COc1ccccc1)Cc1cn2ccsc2n1. The van der Waals surface area contributed by atoms with E-state index in [4.69, 9.17) is 10.5 Å². The maximum absolute atomic E-state index is 6.07. The topological polar surface area (TPSA) is 52.5 Å². The smallest absolute Gasteiger partial charge is 0.193 e. The zero-order chi connectivity index (χ0) is 13.1. The van der Waals surface area contributed by atoms with Gasteiger partial charge in [-0.2, -0.15) is 0 Å². The molecule has 0 aliphatic heterocycles. The summed E-state index contributed by atoms with van der Waals surface area (Å²) >= 11 is 1.63. The summed E-state index contributed by atoms with van der Waals surface area (Å²) in [5.41, 5.74) is 7.08. The summed E-state index contributed by atoms with van der Waals surface area (Å²) in [6, 6.07) is 9.67. The van der Waals surface area contributed by atoms with Crippen LogP contribution in [0.2, 0.25) is 0 Å². The second-order valence-electron chi connectivity index (χ2n) is 4.41. The highest BCUT2D eigenvalue weighted by molar-refractivity contribution is 7.15. The number of hydrogen-bond acceptors (Lipinski definition) is 4. The number of thiazole rings is 1. The molecule has 4 nitrogen and oxygen atoms in total. The van der Waals surface area contributed by atoms with E-state index in [2.05, 4.69) is 4.98 Å². The van der Waals surface area contributed by atoms with Gasteiger partial charge >= 0.3 is 0 Å². The van der Waals surface area contributed by atoms with Crippen LogP contribution in [0.3, 0.4) is 0 Å². The summed E-state index contributed by atoms with van der Waals surface area (Å²) in [5.74, 6) is 0.851. The molecule has 2 heterocycles. The molecule has 2 N–H and O–H groups in total. The summed E-state index contributed by atoms with van der Waals surface area (Å²) < 4.78 is 7.66. The molecule has 0 bridgehead atoms. The Hall–Kier alpha value is -1.85. The fourth-order valence-corrected chi connectivity index (χ4v) is 2.64. The van der Waals surface area contributed by atoms with Crippen LogP contribution in [0.5, 0.6) is 5.75 Å². The molecule has 1 atom stereocenters. The normalized spacial score (nSPS) is 12.7. The predicted octanol–water partition coefficient (Wildman–Crippen LogP) is 2.34. The van der Waals surface area contributed by atoms with E-state index in [1.807, 2.05) is 52.5 Å². The van der Waals surface area contributed by atoms with Crippen molar-refractivity contribution in [2.24, 2.45) is 5.73 Å². The van der Waals surface area contributed by atoms with Gasteiger partial charge in [0, 0.05) is 30.2 Å². The molecule has 0 spiro atoms. The molecule has 19 heavy (non-hydrogen) atoms. The van der Waals surface area contributed by atoms with Gasteiger partial charge in [-0.1, -0.05) is 18.2 Å². The Kier molecular flexibility index (Phi) is 3.48. The number of nitrogens with zero attached hydrogens (tertiary/aromatic N) is 2. The third-order valence-electron chi connectivity index (χ3n) is 2.82. The minimum absolute atomic E-state index is 0.0511. The van der Waals surface area contributed by atoms with Gasteiger partial charge in [0.1, 0.15) is 12.4 Å². The minimum atomic E-state index is -0.0511. The fourth-order valence-electron chi connectivity index (χ4n) is 1.92. The van der Waals surface area contributed by atoms with Crippen LogP contribution >= 0.6 is 11.3 Å². The first-order valence-electron chi connectivity index (χ1n) is 6.16. The molecule has 5 heteroatoms. The quantitative estimate of drug-likeness (QED) is 0.776. The largest absolute Gasteiger partial charge is 0.492 e. The van der Waals surface area contributed by atoms with E-state index in [0.29, 0.717) is 6.61 Å². The van der Waals surface area contributed by atoms with E-state index >= 15 is 0 Å². The Balaban J connectivity index is 1.56. The number of aromatic nitrogens is 2. The number of rotatable bonds is 5. The van der Waals surface area contributed by atoms with E-state index in [-0.39, 0.29) is 6.04 Å². The molecular weight excluding hydrogens is 258 g/mol. The Labute approximate surface area is 115 Å². The molecule has 0 fully saturated rings. The van der Waals surface area contributed by atoms with Crippen molar-refractivity contribution in [3.05, 3.63) is 53.8 Å². The maximum Gasteiger partial charge on any atom is 0.193 e. The number of fused-ring (bicyclic) bond motifs is 1. The number of ether oxygens (including phenoxy) is 1. The molecule has 0 radical (unpaired) electrons. The van der Waals surface area contributed by atoms with Gasteiger partial charge in [0.25, 0.3) is 0 Å². The summed E-state index contributed by atoms with van der Waals surface area (Å²) in [4.78, 5) is 5.52. The zero-order valence-electron chi connectivity index (χ0n) is 10.4. The van der Waals surface area contributed by atoms with Gasteiger partial charge < -0.3 is 10.5 Å². The summed E-state index contributed by atoms with van der Waals surface area (Å²) in [6.07, 6.45) is 4.75. The first-order valence-corrected chi connectivity index (χ1v) is 7.04. The lowest BCUT2D eigenvalue weighted by Crippen LogP contribution is -2.30. The average Bonchev–Trinajstić information content (AvgIpc) is 2.98. The van der Waals surface area contributed by atoms with E-state index in [1.54, 1.807) is 11.3 Å². The summed E-state index contributed by atoms with van der Waals surface area (Å²) in [7, 11) is 0. The molecule has 0 aliphatic rings. The van der Waals surface area contributed by atoms with E-state index < -0.39 is 0 Å². The van der Waals surface area contributed by atoms with Gasteiger partial charge in [0.15, 0.2) is 4.96 Å².